The number of benzene rings is 2. The van der Waals surface area contributed by atoms with E-state index in [9.17, 15) is 9.59 Å². The summed E-state index contributed by atoms with van der Waals surface area (Å²) < 4.78 is 11.4. The van der Waals surface area contributed by atoms with Crippen molar-refractivity contribution in [2.75, 3.05) is 23.4 Å². The van der Waals surface area contributed by atoms with Gasteiger partial charge in [-0.05, 0) is 56.0 Å². The van der Waals surface area contributed by atoms with E-state index >= 15 is 0 Å². The highest BCUT2D eigenvalue weighted by Crippen LogP contribution is 2.36. The number of nitrogens with one attached hydrogen (secondary N) is 1. The number of hydrogen-bond acceptors (Lipinski definition) is 4. The Morgan fingerprint density at radius 1 is 1.21 bits per heavy atom. The maximum Gasteiger partial charge on any atom is 0.267 e. The Labute approximate surface area is 171 Å². The second kappa shape index (κ2) is 8.55. The Morgan fingerprint density at radius 3 is 2.69 bits per heavy atom. The molecule has 2 aromatic rings. The van der Waals surface area contributed by atoms with Crippen molar-refractivity contribution < 1.29 is 19.1 Å². The molecular weight excluding hydrogens is 368 g/mol. The molecule has 0 saturated carbocycles. The van der Waals surface area contributed by atoms with Crippen LogP contribution >= 0.6 is 0 Å². The number of carbonyl (C=O) groups excluding carboxylic acids is 2. The first kappa shape index (κ1) is 20.7. The number of anilines is 2. The molecule has 2 aromatic carbocycles. The van der Waals surface area contributed by atoms with Gasteiger partial charge >= 0.3 is 0 Å². The number of nitrogens with zero attached hydrogens (tertiary/aromatic N) is 1. The molecule has 1 N–H and O–H groups in total. The Bertz CT molecular complexity index is 923. The number of carbonyl (C=O) groups is 2. The minimum atomic E-state index is -0.556. The van der Waals surface area contributed by atoms with Crippen LogP contribution in [-0.2, 0) is 9.59 Å². The van der Waals surface area contributed by atoms with Crippen molar-refractivity contribution in [2.45, 2.75) is 40.7 Å². The molecule has 6 heteroatoms. The summed E-state index contributed by atoms with van der Waals surface area (Å²) >= 11 is 0. The van der Waals surface area contributed by atoms with Crippen LogP contribution in [0.1, 0.15) is 31.9 Å². The molecule has 0 aliphatic carbocycles. The van der Waals surface area contributed by atoms with Gasteiger partial charge in [-0.3, -0.25) is 9.59 Å². The summed E-state index contributed by atoms with van der Waals surface area (Å²) in [5, 5.41) is 2.83. The van der Waals surface area contributed by atoms with Crippen LogP contribution in [-0.4, -0.2) is 31.1 Å². The van der Waals surface area contributed by atoms with E-state index in [0.29, 0.717) is 29.6 Å². The first-order valence-electron chi connectivity index (χ1n) is 9.86. The highest BCUT2D eigenvalue weighted by atomic mass is 16.5. The highest BCUT2D eigenvalue weighted by Gasteiger charge is 2.32. The van der Waals surface area contributed by atoms with E-state index in [1.165, 1.54) is 0 Å². The van der Waals surface area contributed by atoms with Crippen LogP contribution in [0.3, 0.4) is 0 Å². The van der Waals surface area contributed by atoms with Gasteiger partial charge in [-0.1, -0.05) is 26.0 Å². The van der Waals surface area contributed by atoms with Crippen molar-refractivity contribution >= 4 is 23.2 Å². The summed E-state index contributed by atoms with van der Waals surface area (Å²) in [6.07, 6.45) is -0.556. The zero-order chi connectivity index (χ0) is 21.1. The highest BCUT2D eigenvalue weighted by molar-refractivity contribution is 6.00. The van der Waals surface area contributed by atoms with Gasteiger partial charge < -0.3 is 19.7 Å². The summed E-state index contributed by atoms with van der Waals surface area (Å²) in [5.41, 5.74) is 3.39. The van der Waals surface area contributed by atoms with E-state index in [1.54, 1.807) is 24.0 Å². The summed E-state index contributed by atoms with van der Waals surface area (Å²) in [6, 6.07) is 11.2. The Morgan fingerprint density at radius 2 is 1.97 bits per heavy atom. The van der Waals surface area contributed by atoms with E-state index in [-0.39, 0.29) is 18.4 Å². The molecule has 0 aromatic heterocycles. The Balaban J connectivity index is 1.69. The Hall–Kier alpha value is -3.02. The standard InChI is InChI=1S/C23H28N2O4/c1-14(2)12-25-19-9-8-18(11-21(19)29-17(5)23(25)27)24-22(26)13-28-20-10-15(3)6-7-16(20)4/h6-11,14,17H,12-13H2,1-5H3,(H,24,26). The van der Waals surface area contributed by atoms with E-state index in [2.05, 4.69) is 19.2 Å². The molecule has 3 rings (SSSR count). The van der Waals surface area contributed by atoms with Crippen LogP contribution in [0, 0.1) is 19.8 Å². The molecule has 2 amide bonds. The normalized spacial score (nSPS) is 15.7. The van der Waals surface area contributed by atoms with Crippen LogP contribution < -0.4 is 19.7 Å². The van der Waals surface area contributed by atoms with Crippen LogP contribution in [0.15, 0.2) is 36.4 Å². The lowest BCUT2D eigenvalue weighted by molar-refractivity contribution is -0.125. The number of rotatable bonds is 6. The number of hydrogen-bond donors (Lipinski definition) is 1. The lowest BCUT2D eigenvalue weighted by atomic mass is 10.1. The summed E-state index contributed by atoms with van der Waals surface area (Å²) in [5.74, 6) is 1.31. The quantitative estimate of drug-likeness (QED) is 0.799. The van der Waals surface area contributed by atoms with Gasteiger partial charge in [0, 0.05) is 18.3 Å². The largest absolute Gasteiger partial charge is 0.483 e. The van der Waals surface area contributed by atoms with Crippen LogP contribution in [0.5, 0.6) is 11.5 Å². The molecule has 1 atom stereocenters. The van der Waals surface area contributed by atoms with Gasteiger partial charge in [0.1, 0.15) is 11.5 Å². The molecule has 0 saturated heterocycles. The first-order valence-corrected chi connectivity index (χ1v) is 9.86. The maximum absolute atomic E-state index is 12.5. The van der Waals surface area contributed by atoms with Gasteiger partial charge in [0.2, 0.25) is 0 Å². The molecule has 0 radical (unpaired) electrons. The van der Waals surface area contributed by atoms with Crippen molar-refractivity contribution in [3.8, 4) is 11.5 Å². The van der Waals surface area contributed by atoms with Crippen LogP contribution in [0.4, 0.5) is 11.4 Å². The van der Waals surface area contributed by atoms with Gasteiger partial charge in [-0.25, -0.2) is 0 Å². The van der Waals surface area contributed by atoms with E-state index in [0.717, 1.165) is 16.8 Å². The third-order valence-electron chi connectivity index (χ3n) is 4.70. The topological polar surface area (TPSA) is 67.9 Å². The minimum absolute atomic E-state index is 0.0510. The van der Waals surface area contributed by atoms with E-state index < -0.39 is 6.10 Å². The first-order chi connectivity index (χ1) is 13.7. The third-order valence-corrected chi connectivity index (χ3v) is 4.70. The molecule has 29 heavy (non-hydrogen) atoms. The predicted molar refractivity (Wildman–Crippen MR) is 114 cm³/mol. The van der Waals surface area contributed by atoms with Gasteiger partial charge in [0.25, 0.3) is 11.8 Å². The second-order valence-electron chi connectivity index (χ2n) is 7.89. The number of amides is 2. The summed E-state index contributed by atoms with van der Waals surface area (Å²) in [4.78, 5) is 26.6. The predicted octanol–water partition coefficient (Wildman–Crippen LogP) is 4.09. The zero-order valence-corrected chi connectivity index (χ0v) is 17.6. The second-order valence-corrected chi connectivity index (χ2v) is 7.89. The molecule has 154 valence electrons. The van der Waals surface area contributed by atoms with Crippen molar-refractivity contribution in [1.82, 2.24) is 0 Å². The number of aryl methyl sites for hydroxylation is 2. The summed E-state index contributed by atoms with van der Waals surface area (Å²) in [7, 11) is 0. The van der Waals surface area contributed by atoms with E-state index in [1.807, 2.05) is 38.1 Å². The van der Waals surface area contributed by atoms with Gasteiger partial charge in [-0.2, -0.15) is 0 Å². The maximum atomic E-state index is 12.5. The lowest BCUT2D eigenvalue weighted by Gasteiger charge is -2.34. The minimum Gasteiger partial charge on any atom is -0.483 e. The van der Waals surface area contributed by atoms with Crippen molar-refractivity contribution in [3.05, 3.63) is 47.5 Å². The Kier molecular flexibility index (Phi) is 6.11. The SMILES string of the molecule is Cc1ccc(C)c(OCC(=O)Nc2ccc3c(c2)OC(C)C(=O)N3CC(C)C)c1. The number of fused-ring (bicyclic) bond motifs is 1. The smallest absolute Gasteiger partial charge is 0.267 e. The zero-order valence-electron chi connectivity index (χ0n) is 17.6. The van der Waals surface area contributed by atoms with E-state index in [4.69, 9.17) is 9.47 Å². The molecule has 0 spiro atoms. The van der Waals surface area contributed by atoms with Crippen LogP contribution in [0.25, 0.3) is 0 Å². The van der Waals surface area contributed by atoms with Crippen molar-refractivity contribution in [2.24, 2.45) is 5.92 Å². The lowest BCUT2D eigenvalue weighted by Crippen LogP contribution is -2.46. The monoisotopic (exact) mass is 396 g/mol. The fourth-order valence-electron chi connectivity index (χ4n) is 3.24. The van der Waals surface area contributed by atoms with Crippen LogP contribution in [0.2, 0.25) is 0 Å². The molecule has 1 aliphatic rings. The molecule has 1 unspecified atom stereocenters. The average molecular weight is 396 g/mol. The molecule has 0 fully saturated rings. The van der Waals surface area contributed by atoms with Gasteiger partial charge in [0.05, 0.1) is 5.69 Å². The third kappa shape index (κ3) is 4.88. The average Bonchev–Trinajstić information content (AvgIpc) is 2.66. The fourth-order valence-corrected chi connectivity index (χ4v) is 3.24. The van der Waals surface area contributed by atoms with Gasteiger partial charge in [0.15, 0.2) is 12.7 Å². The molecule has 1 aliphatic heterocycles. The fraction of sp³-hybridized carbons (Fsp3) is 0.391. The van der Waals surface area contributed by atoms with Crippen molar-refractivity contribution in [1.29, 1.82) is 0 Å². The van der Waals surface area contributed by atoms with Crippen molar-refractivity contribution in [3.63, 3.8) is 0 Å². The van der Waals surface area contributed by atoms with Gasteiger partial charge in [-0.15, -0.1) is 0 Å². The molecule has 0 bridgehead atoms. The summed E-state index contributed by atoms with van der Waals surface area (Å²) in [6.45, 7) is 10.3. The molecule has 1 heterocycles. The molecular formula is C23H28N2O4. The number of ether oxygens (including phenoxy) is 2. The molecule has 6 nitrogen and oxygen atoms in total.